The number of rotatable bonds is 6. The Morgan fingerprint density at radius 3 is 2.33 bits per heavy atom. The van der Waals surface area contributed by atoms with E-state index in [0.29, 0.717) is 5.56 Å². The summed E-state index contributed by atoms with van der Waals surface area (Å²) in [6.45, 7) is -0.335. The molecule has 112 valence electrons. The van der Waals surface area contributed by atoms with E-state index in [4.69, 9.17) is 4.74 Å². The Hall–Kier alpha value is -1.89. The largest absolute Gasteiger partial charge is 0.495 e. The summed E-state index contributed by atoms with van der Waals surface area (Å²) >= 11 is 0. The maximum Gasteiger partial charge on any atom is 0.244 e. The molecule has 21 heavy (non-hydrogen) atoms. The van der Waals surface area contributed by atoms with Crippen LogP contribution < -0.4 is 9.46 Å². The molecule has 0 saturated carbocycles. The lowest BCUT2D eigenvalue weighted by Gasteiger charge is -2.18. The van der Waals surface area contributed by atoms with E-state index < -0.39 is 16.1 Å². The minimum atomic E-state index is -3.80. The highest BCUT2D eigenvalue weighted by Gasteiger charge is 2.23. The molecule has 0 spiro atoms. The molecule has 1 atom stereocenters. The van der Waals surface area contributed by atoms with Crippen molar-refractivity contribution in [2.45, 2.75) is 10.9 Å². The van der Waals surface area contributed by atoms with Gasteiger partial charge in [0.15, 0.2) is 0 Å². The lowest BCUT2D eigenvalue weighted by Crippen LogP contribution is -2.31. The number of aliphatic hydroxyl groups excluding tert-OH is 1. The Labute approximate surface area is 124 Å². The van der Waals surface area contributed by atoms with Gasteiger partial charge in [0.1, 0.15) is 10.6 Å². The molecule has 0 saturated heterocycles. The molecular weight excluding hydrogens is 290 g/mol. The average Bonchev–Trinajstić information content (AvgIpc) is 2.53. The summed E-state index contributed by atoms with van der Waals surface area (Å²) in [5.41, 5.74) is 0.693. The van der Waals surface area contributed by atoms with Crippen molar-refractivity contribution < 1.29 is 18.3 Å². The quantitative estimate of drug-likeness (QED) is 0.852. The standard InChI is InChI=1S/C15H17NO4S/c1-20-14-9-5-6-10-15(14)21(18,19)16-13(11-17)12-7-3-2-4-8-12/h2-10,13,16-17H,11H2,1H3. The maximum atomic E-state index is 12.5. The topological polar surface area (TPSA) is 75.6 Å². The first-order valence-electron chi connectivity index (χ1n) is 6.39. The van der Waals surface area contributed by atoms with Crippen LogP contribution in [0.25, 0.3) is 0 Å². The van der Waals surface area contributed by atoms with Crippen molar-refractivity contribution in [1.82, 2.24) is 4.72 Å². The van der Waals surface area contributed by atoms with E-state index in [1.54, 1.807) is 42.5 Å². The molecule has 1 unspecified atom stereocenters. The van der Waals surface area contributed by atoms with E-state index in [2.05, 4.69) is 4.72 Å². The van der Waals surface area contributed by atoms with Crippen molar-refractivity contribution in [1.29, 1.82) is 0 Å². The number of para-hydroxylation sites is 1. The summed E-state index contributed by atoms with van der Waals surface area (Å²) in [4.78, 5) is 0.0434. The predicted octanol–water partition coefficient (Wildman–Crippen LogP) is 1.71. The minimum Gasteiger partial charge on any atom is -0.495 e. The highest BCUT2D eigenvalue weighted by Crippen LogP contribution is 2.24. The minimum absolute atomic E-state index is 0.0434. The smallest absolute Gasteiger partial charge is 0.244 e. The van der Waals surface area contributed by atoms with Crippen LogP contribution >= 0.6 is 0 Å². The van der Waals surface area contributed by atoms with Crippen LogP contribution in [0.2, 0.25) is 0 Å². The number of aliphatic hydroxyl groups is 1. The van der Waals surface area contributed by atoms with Crippen molar-refractivity contribution in [3.8, 4) is 5.75 Å². The highest BCUT2D eigenvalue weighted by molar-refractivity contribution is 7.89. The van der Waals surface area contributed by atoms with Crippen molar-refractivity contribution in [2.75, 3.05) is 13.7 Å². The molecule has 2 rings (SSSR count). The number of ether oxygens (including phenoxy) is 1. The van der Waals surface area contributed by atoms with E-state index >= 15 is 0 Å². The van der Waals surface area contributed by atoms with Gasteiger partial charge in [-0.1, -0.05) is 42.5 Å². The van der Waals surface area contributed by atoms with Crippen molar-refractivity contribution >= 4 is 10.0 Å². The highest BCUT2D eigenvalue weighted by atomic mass is 32.2. The molecule has 5 nitrogen and oxygen atoms in total. The SMILES string of the molecule is COc1ccccc1S(=O)(=O)NC(CO)c1ccccc1. The van der Waals surface area contributed by atoms with E-state index in [-0.39, 0.29) is 17.3 Å². The molecule has 0 aromatic heterocycles. The van der Waals surface area contributed by atoms with E-state index in [0.717, 1.165) is 0 Å². The van der Waals surface area contributed by atoms with Gasteiger partial charge in [0.2, 0.25) is 10.0 Å². The predicted molar refractivity (Wildman–Crippen MR) is 79.6 cm³/mol. The Balaban J connectivity index is 2.32. The van der Waals surface area contributed by atoms with Crippen LogP contribution in [0.15, 0.2) is 59.5 Å². The molecule has 0 amide bonds. The summed E-state index contributed by atoms with van der Waals surface area (Å²) in [6, 6.07) is 14.5. The van der Waals surface area contributed by atoms with Gasteiger partial charge in [0.05, 0.1) is 19.8 Å². The van der Waals surface area contributed by atoms with Gasteiger partial charge in [-0.05, 0) is 17.7 Å². The molecule has 2 aromatic carbocycles. The van der Waals surface area contributed by atoms with Gasteiger partial charge in [-0.25, -0.2) is 13.1 Å². The number of methoxy groups -OCH3 is 1. The zero-order chi connectivity index (χ0) is 15.3. The second-order valence-corrected chi connectivity index (χ2v) is 6.10. The first-order valence-corrected chi connectivity index (χ1v) is 7.88. The molecule has 0 aliphatic carbocycles. The molecule has 2 N–H and O–H groups in total. The fourth-order valence-corrected chi connectivity index (χ4v) is 3.37. The molecule has 0 bridgehead atoms. The van der Waals surface area contributed by atoms with E-state index in [1.165, 1.54) is 13.2 Å². The van der Waals surface area contributed by atoms with Gasteiger partial charge < -0.3 is 9.84 Å². The zero-order valence-electron chi connectivity index (χ0n) is 11.6. The van der Waals surface area contributed by atoms with E-state index in [1.807, 2.05) is 6.07 Å². The fourth-order valence-electron chi connectivity index (χ4n) is 1.99. The number of hydrogen-bond donors (Lipinski definition) is 2. The van der Waals surface area contributed by atoms with Gasteiger partial charge >= 0.3 is 0 Å². The lowest BCUT2D eigenvalue weighted by molar-refractivity contribution is 0.258. The number of hydrogen-bond acceptors (Lipinski definition) is 4. The molecule has 6 heteroatoms. The average molecular weight is 307 g/mol. The Kier molecular flexibility index (Phi) is 4.95. The van der Waals surface area contributed by atoms with Crippen LogP contribution in [0.4, 0.5) is 0 Å². The normalized spacial score (nSPS) is 12.9. The molecule has 0 heterocycles. The summed E-state index contributed by atoms with van der Waals surface area (Å²) in [6.07, 6.45) is 0. The lowest BCUT2D eigenvalue weighted by atomic mass is 10.1. The van der Waals surface area contributed by atoms with Crippen LogP contribution in [0.5, 0.6) is 5.75 Å². The summed E-state index contributed by atoms with van der Waals surface area (Å²) in [5.74, 6) is 0.259. The third kappa shape index (κ3) is 3.60. The Morgan fingerprint density at radius 1 is 1.10 bits per heavy atom. The van der Waals surface area contributed by atoms with Crippen LogP contribution in [-0.4, -0.2) is 27.2 Å². The van der Waals surface area contributed by atoms with Gasteiger partial charge in [0, 0.05) is 0 Å². The number of benzene rings is 2. The molecule has 0 aliphatic rings. The molecule has 0 aliphatic heterocycles. The van der Waals surface area contributed by atoms with Gasteiger partial charge in [-0.15, -0.1) is 0 Å². The van der Waals surface area contributed by atoms with Crippen LogP contribution in [0, 0.1) is 0 Å². The summed E-state index contributed by atoms with van der Waals surface area (Å²) < 4.78 is 32.5. The second-order valence-electron chi connectivity index (χ2n) is 4.42. The Bertz CT molecular complexity index is 686. The third-order valence-electron chi connectivity index (χ3n) is 3.04. The van der Waals surface area contributed by atoms with E-state index in [9.17, 15) is 13.5 Å². The Morgan fingerprint density at radius 2 is 1.71 bits per heavy atom. The van der Waals surface area contributed by atoms with Gasteiger partial charge in [-0.2, -0.15) is 0 Å². The van der Waals surface area contributed by atoms with Crippen LogP contribution in [-0.2, 0) is 10.0 Å². The van der Waals surface area contributed by atoms with Crippen molar-refractivity contribution in [3.63, 3.8) is 0 Å². The van der Waals surface area contributed by atoms with Gasteiger partial charge in [-0.3, -0.25) is 0 Å². The molecule has 2 aromatic rings. The van der Waals surface area contributed by atoms with Crippen LogP contribution in [0.1, 0.15) is 11.6 Å². The molecular formula is C15H17NO4S. The maximum absolute atomic E-state index is 12.5. The zero-order valence-corrected chi connectivity index (χ0v) is 12.4. The number of sulfonamides is 1. The summed E-state index contributed by atoms with van der Waals surface area (Å²) in [5, 5.41) is 9.46. The second kappa shape index (κ2) is 6.71. The summed E-state index contributed by atoms with van der Waals surface area (Å²) in [7, 11) is -2.39. The van der Waals surface area contributed by atoms with Crippen LogP contribution in [0.3, 0.4) is 0 Å². The van der Waals surface area contributed by atoms with Crippen molar-refractivity contribution in [3.05, 3.63) is 60.2 Å². The molecule has 0 radical (unpaired) electrons. The first-order chi connectivity index (χ1) is 10.1. The first kappa shape index (κ1) is 15.5. The third-order valence-corrected chi connectivity index (χ3v) is 4.55. The van der Waals surface area contributed by atoms with Crippen molar-refractivity contribution in [2.24, 2.45) is 0 Å². The fraction of sp³-hybridized carbons (Fsp3) is 0.200. The molecule has 0 fully saturated rings. The monoisotopic (exact) mass is 307 g/mol. The number of nitrogens with one attached hydrogen (secondary N) is 1. The van der Waals surface area contributed by atoms with Gasteiger partial charge in [0.25, 0.3) is 0 Å².